The molecule has 4 aliphatic heterocycles. The Kier molecular flexibility index (Phi) is 5.80. The van der Waals surface area contributed by atoms with Gasteiger partial charge >= 0.3 is 5.97 Å². The molecule has 5 heterocycles. The van der Waals surface area contributed by atoms with Gasteiger partial charge in [-0.2, -0.15) is 0 Å². The van der Waals surface area contributed by atoms with E-state index in [2.05, 4.69) is 9.98 Å². The van der Waals surface area contributed by atoms with Gasteiger partial charge in [0.2, 0.25) is 5.91 Å². The molecule has 1 saturated heterocycles. The summed E-state index contributed by atoms with van der Waals surface area (Å²) < 4.78 is 5.81. The quantitative estimate of drug-likeness (QED) is 0.723. The van der Waals surface area contributed by atoms with E-state index < -0.39 is 12.0 Å². The highest BCUT2D eigenvalue weighted by Gasteiger charge is 2.36. The Labute approximate surface area is 197 Å². The van der Waals surface area contributed by atoms with Gasteiger partial charge in [-0.15, -0.1) is 0 Å². The summed E-state index contributed by atoms with van der Waals surface area (Å²) in [4.78, 5) is 51.4. The first kappa shape index (κ1) is 22.1. The van der Waals surface area contributed by atoms with Crippen molar-refractivity contribution in [2.24, 2.45) is 10.9 Å². The van der Waals surface area contributed by atoms with Crippen LogP contribution in [0.25, 0.3) is 0 Å². The number of aliphatic imine (C=N–C) groups is 1. The molecule has 1 aromatic heterocycles. The molecule has 34 heavy (non-hydrogen) atoms. The molecule has 0 bridgehead atoms. The average molecular weight is 466 g/mol. The van der Waals surface area contributed by atoms with E-state index >= 15 is 0 Å². The summed E-state index contributed by atoms with van der Waals surface area (Å²) in [6, 6.07) is 0.822. The summed E-state index contributed by atoms with van der Waals surface area (Å²) in [7, 11) is 0. The fourth-order valence-electron chi connectivity index (χ4n) is 4.89. The van der Waals surface area contributed by atoms with Crippen molar-refractivity contribution in [1.29, 1.82) is 0 Å². The van der Waals surface area contributed by atoms with Gasteiger partial charge in [0, 0.05) is 43.2 Å². The molecule has 1 fully saturated rings. The average Bonchev–Trinajstić information content (AvgIpc) is 3.29. The lowest BCUT2D eigenvalue weighted by Gasteiger charge is -2.33. The van der Waals surface area contributed by atoms with Gasteiger partial charge in [0.05, 0.1) is 12.1 Å². The Morgan fingerprint density at radius 2 is 2.12 bits per heavy atom. The van der Waals surface area contributed by atoms with Gasteiger partial charge in [-0.3, -0.25) is 19.5 Å². The molecule has 4 aliphatic rings. The second-order valence-electron chi connectivity index (χ2n) is 8.77. The number of amides is 2. The van der Waals surface area contributed by atoms with E-state index in [0.717, 1.165) is 18.5 Å². The molecule has 0 aliphatic carbocycles. The topological polar surface area (TPSA) is 116 Å². The molecule has 0 spiro atoms. The summed E-state index contributed by atoms with van der Waals surface area (Å²) in [5, 5.41) is 9.41. The maximum Gasteiger partial charge on any atom is 0.326 e. The van der Waals surface area contributed by atoms with Crippen LogP contribution in [0.1, 0.15) is 43.0 Å². The molecular weight excluding hydrogens is 438 g/mol. The van der Waals surface area contributed by atoms with E-state index in [1.165, 1.54) is 11.1 Å². The zero-order valence-electron chi connectivity index (χ0n) is 19.0. The summed E-state index contributed by atoms with van der Waals surface area (Å²) in [5.74, 6) is 0.334. The van der Waals surface area contributed by atoms with Crippen LogP contribution in [0.2, 0.25) is 0 Å². The highest BCUT2D eigenvalue weighted by molar-refractivity contribution is 6.08. The van der Waals surface area contributed by atoms with Crippen LogP contribution in [-0.4, -0.2) is 75.8 Å². The van der Waals surface area contributed by atoms with Gasteiger partial charge in [0.15, 0.2) is 11.6 Å². The van der Waals surface area contributed by atoms with Crippen molar-refractivity contribution in [2.75, 3.05) is 31.1 Å². The largest absolute Gasteiger partial charge is 0.488 e. The molecule has 0 saturated carbocycles. The Bertz CT molecular complexity index is 1130. The number of allylic oxidation sites excluding steroid dienone is 1. The number of aromatic nitrogens is 1. The number of fused-ring (bicyclic) bond motifs is 2. The first-order valence-electron chi connectivity index (χ1n) is 11.7. The Morgan fingerprint density at radius 1 is 1.26 bits per heavy atom. The molecule has 1 aromatic rings. The van der Waals surface area contributed by atoms with Gasteiger partial charge in [0.25, 0.3) is 5.91 Å². The number of aliphatic carboxylic acids is 1. The van der Waals surface area contributed by atoms with Crippen molar-refractivity contribution in [2.45, 2.75) is 38.6 Å². The minimum absolute atomic E-state index is 0.0288. The number of nitrogens with zero attached hydrogens (tertiary/aromatic N) is 5. The fraction of sp³-hybridized carbons (Fsp3) is 0.458. The van der Waals surface area contributed by atoms with Crippen LogP contribution < -0.4 is 9.64 Å². The number of hydrogen-bond donors (Lipinski definition) is 1. The Balaban J connectivity index is 1.40. The number of anilines is 1. The molecular formula is C24H27N5O5. The Hall–Kier alpha value is -3.69. The van der Waals surface area contributed by atoms with Crippen LogP contribution in [0, 0.1) is 5.92 Å². The lowest BCUT2D eigenvalue weighted by molar-refractivity contribution is -0.141. The van der Waals surface area contributed by atoms with Crippen molar-refractivity contribution in [3.05, 3.63) is 41.9 Å². The van der Waals surface area contributed by atoms with Crippen LogP contribution in [0.3, 0.4) is 0 Å². The number of rotatable bonds is 4. The van der Waals surface area contributed by atoms with Crippen molar-refractivity contribution < 1.29 is 24.2 Å². The van der Waals surface area contributed by atoms with Gasteiger partial charge < -0.3 is 19.6 Å². The number of ether oxygens (including phenoxy) is 1. The van der Waals surface area contributed by atoms with Crippen LogP contribution in [-0.2, 0) is 9.59 Å². The zero-order valence-corrected chi connectivity index (χ0v) is 19.0. The van der Waals surface area contributed by atoms with Crippen LogP contribution in [0.4, 0.5) is 5.82 Å². The lowest BCUT2D eigenvalue weighted by atomic mass is 10.0. The smallest absolute Gasteiger partial charge is 0.326 e. The minimum Gasteiger partial charge on any atom is -0.488 e. The van der Waals surface area contributed by atoms with E-state index in [1.54, 1.807) is 17.2 Å². The third-order valence-corrected chi connectivity index (χ3v) is 6.77. The monoisotopic (exact) mass is 465 g/mol. The van der Waals surface area contributed by atoms with Crippen molar-refractivity contribution >= 4 is 29.4 Å². The highest BCUT2D eigenvalue weighted by Crippen LogP contribution is 2.34. The first-order chi connectivity index (χ1) is 16.5. The number of pyridine rings is 1. The molecule has 10 nitrogen and oxygen atoms in total. The molecule has 5 rings (SSSR count). The fourth-order valence-corrected chi connectivity index (χ4v) is 4.89. The summed E-state index contributed by atoms with van der Waals surface area (Å²) in [6.07, 6.45) is 9.62. The molecule has 2 atom stereocenters. The SMILES string of the molecule is CCC1CCN=C2C=C(N3CCOc4cc(C(=O)N5CCC[C@H]5C(=O)O)cnc43)C=CN2C1=O. The number of carbonyl (C=O) groups is 3. The predicted octanol–water partition coefficient (Wildman–Crippen LogP) is 2.04. The van der Waals surface area contributed by atoms with E-state index in [0.29, 0.717) is 62.0 Å². The standard InChI is InChI=1S/C24H27N5O5/c1-2-15-5-7-25-20-13-17(6-9-29(20)22(15)30)27-10-11-34-19-12-16(14-26-21(19)27)23(31)28-8-3-4-18(28)24(32)33/h6,9,12-15,18H,2-5,7-8,10-11H2,1H3,(H,32,33)/t15?,18-/m0/s1. The second-order valence-corrected chi connectivity index (χ2v) is 8.77. The molecule has 178 valence electrons. The Morgan fingerprint density at radius 3 is 2.91 bits per heavy atom. The molecule has 2 amide bonds. The molecule has 10 heteroatoms. The number of amidine groups is 1. The summed E-state index contributed by atoms with van der Waals surface area (Å²) >= 11 is 0. The summed E-state index contributed by atoms with van der Waals surface area (Å²) in [5.41, 5.74) is 1.14. The highest BCUT2D eigenvalue weighted by atomic mass is 16.5. The number of likely N-dealkylation sites (tertiary alicyclic amines) is 1. The maximum atomic E-state index is 13.0. The van der Waals surface area contributed by atoms with E-state index in [9.17, 15) is 19.5 Å². The number of carboxylic acid groups (broad SMARTS) is 1. The lowest BCUT2D eigenvalue weighted by Crippen LogP contribution is -2.41. The summed E-state index contributed by atoms with van der Waals surface area (Å²) in [6.45, 7) is 3.98. The van der Waals surface area contributed by atoms with Gasteiger partial charge in [-0.05, 0) is 37.8 Å². The van der Waals surface area contributed by atoms with E-state index in [1.807, 2.05) is 24.0 Å². The van der Waals surface area contributed by atoms with Gasteiger partial charge in [-0.25, -0.2) is 9.78 Å². The van der Waals surface area contributed by atoms with E-state index in [4.69, 9.17) is 4.74 Å². The molecule has 0 radical (unpaired) electrons. The third kappa shape index (κ3) is 3.82. The van der Waals surface area contributed by atoms with Crippen LogP contribution >= 0.6 is 0 Å². The third-order valence-electron chi connectivity index (χ3n) is 6.77. The van der Waals surface area contributed by atoms with Crippen LogP contribution in [0.5, 0.6) is 5.75 Å². The van der Waals surface area contributed by atoms with E-state index in [-0.39, 0.29) is 17.7 Å². The number of carbonyl (C=O) groups excluding carboxylic acids is 2. The van der Waals surface area contributed by atoms with Crippen LogP contribution in [0.15, 0.2) is 41.3 Å². The molecule has 0 aromatic carbocycles. The maximum absolute atomic E-state index is 13.0. The number of carboxylic acids is 1. The molecule has 1 N–H and O–H groups in total. The zero-order chi connectivity index (χ0) is 23.8. The minimum atomic E-state index is -0.991. The number of hydrogen-bond acceptors (Lipinski definition) is 7. The van der Waals surface area contributed by atoms with Gasteiger partial charge in [-0.1, -0.05) is 6.92 Å². The van der Waals surface area contributed by atoms with Crippen molar-refractivity contribution in [3.63, 3.8) is 0 Å². The molecule has 1 unspecified atom stereocenters. The normalized spacial score (nSPS) is 24.0. The second kappa shape index (κ2) is 8.92. The van der Waals surface area contributed by atoms with Crippen molar-refractivity contribution in [1.82, 2.24) is 14.8 Å². The first-order valence-corrected chi connectivity index (χ1v) is 11.7. The van der Waals surface area contributed by atoms with Crippen molar-refractivity contribution in [3.8, 4) is 5.75 Å². The van der Waals surface area contributed by atoms with Gasteiger partial charge in [0.1, 0.15) is 18.5 Å². The predicted molar refractivity (Wildman–Crippen MR) is 124 cm³/mol.